The lowest BCUT2D eigenvalue weighted by Crippen LogP contribution is -2.36. The molecule has 6 heteroatoms. The summed E-state index contributed by atoms with van der Waals surface area (Å²) in [6, 6.07) is 0.508. The highest BCUT2D eigenvalue weighted by Gasteiger charge is 2.29. The number of hydrogen-bond acceptors (Lipinski definition) is 4. The molecule has 1 heterocycles. The first-order chi connectivity index (χ1) is 9.96. The normalized spacial score (nSPS) is 25.2. The van der Waals surface area contributed by atoms with Crippen LogP contribution >= 0.6 is 0 Å². The van der Waals surface area contributed by atoms with E-state index in [4.69, 9.17) is 5.11 Å². The molecular weight excluding hydrogens is 290 g/mol. The van der Waals surface area contributed by atoms with Crippen LogP contribution in [0.3, 0.4) is 0 Å². The van der Waals surface area contributed by atoms with Crippen molar-refractivity contribution in [2.24, 2.45) is 5.92 Å². The van der Waals surface area contributed by atoms with Gasteiger partial charge in [0, 0.05) is 12.6 Å². The SMILES string of the molecule is O=C(O)CS(=O)(=O)CCN1CCCC1CC1CCCCC1. The van der Waals surface area contributed by atoms with Crippen LogP contribution in [0.25, 0.3) is 0 Å². The molecule has 1 N–H and O–H groups in total. The molecule has 1 saturated carbocycles. The van der Waals surface area contributed by atoms with Crippen LogP contribution in [0.15, 0.2) is 0 Å². The molecule has 5 nitrogen and oxygen atoms in total. The van der Waals surface area contributed by atoms with Crippen LogP contribution in [0.1, 0.15) is 51.4 Å². The number of aliphatic carboxylic acids is 1. The third-order valence-electron chi connectivity index (χ3n) is 4.86. The second kappa shape index (κ2) is 7.58. The zero-order chi connectivity index (χ0) is 15.3. The van der Waals surface area contributed by atoms with Crippen molar-refractivity contribution in [1.82, 2.24) is 4.90 Å². The number of nitrogens with zero attached hydrogens (tertiary/aromatic N) is 1. The molecule has 2 aliphatic rings. The van der Waals surface area contributed by atoms with Crippen LogP contribution < -0.4 is 0 Å². The summed E-state index contributed by atoms with van der Waals surface area (Å²) in [4.78, 5) is 12.8. The largest absolute Gasteiger partial charge is 0.480 e. The van der Waals surface area contributed by atoms with Gasteiger partial charge in [-0.3, -0.25) is 9.69 Å². The number of carboxylic acids is 1. The molecule has 0 aromatic rings. The van der Waals surface area contributed by atoms with E-state index in [2.05, 4.69) is 4.90 Å². The summed E-state index contributed by atoms with van der Waals surface area (Å²) in [7, 11) is -3.47. The number of sulfone groups is 1. The molecule has 0 aromatic carbocycles. The Hall–Kier alpha value is -0.620. The van der Waals surface area contributed by atoms with Gasteiger partial charge in [0.05, 0.1) is 5.75 Å². The molecule has 1 saturated heterocycles. The zero-order valence-corrected chi connectivity index (χ0v) is 13.5. The molecule has 0 amide bonds. The van der Waals surface area contributed by atoms with Gasteiger partial charge in [-0.05, 0) is 31.7 Å². The molecule has 122 valence electrons. The first kappa shape index (κ1) is 16.7. The van der Waals surface area contributed by atoms with Crippen molar-refractivity contribution in [3.63, 3.8) is 0 Å². The number of hydrogen-bond donors (Lipinski definition) is 1. The van der Waals surface area contributed by atoms with Crippen LogP contribution in [-0.2, 0) is 14.6 Å². The molecule has 1 unspecified atom stereocenters. The lowest BCUT2D eigenvalue weighted by Gasteiger charge is -2.30. The number of rotatable bonds is 7. The first-order valence-electron chi connectivity index (χ1n) is 8.12. The molecule has 0 radical (unpaired) electrons. The van der Waals surface area contributed by atoms with E-state index in [9.17, 15) is 13.2 Å². The molecule has 0 aromatic heterocycles. The summed E-state index contributed by atoms with van der Waals surface area (Å²) in [5.74, 6) is -1.22. The maximum Gasteiger partial charge on any atom is 0.318 e. The highest BCUT2D eigenvalue weighted by molar-refractivity contribution is 7.92. The van der Waals surface area contributed by atoms with E-state index in [1.807, 2.05) is 0 Å². The minimum Gasteiger partial charge on any atom is -0.480 e. The minimum atomic E-state index is -3.47. The Morgan fingerprint density at radius 2 is 1.81 bits per heavy atom. The van der Waals surface area contributed by atoms with E-state index in [0.717, 1.165) is 25.3 Å². The van der Waals surface area contributed by atoms with Gasteiger partial charge < -0.3 is 5.11 Å². The standard InChI is InChI=1S/C15H27NO4S/c17-15(18)12-21(19,20)10-9-16-8-4-7-14(16)11-13-5-2-1-3-6-13/h13-14H,1-12H2,(H,17,18). The van der Waals surface area contributed by atoms with E-state index in [1.165, 1.54) is 38.5 Å². The molecule has 1 aliphatic carbocycles. The van der Waals surface area contributed by atoms with E-state index in [-0.39, 0.29) is 5.75 Å². The Morgan fingerprint density at radius 3 is 2.48 bits per heavy atom. The maximum atomic E-state index is 11.7. The van der Waals surface area contributed by atoms with Crippen molar-refractivity contribution in [3.8, 4) is 0 Å². The lowest BCUT2D eigenvalue weighted by atomic mass is 9.84. The van der Waals surface area contributed by atoms with Gasteiger partial charge in [0.1, 0.15) is 5.75 Å². The van der Waals surface area contributed by atoms with Crippen LogP contribution in [0.5, 0.6) is 0 Å². The van der Waals surface area contributed by atoms with E-state index in [0.29, 0.717) is 12.6 Å². The first-order valence-corrected chi connectivity index (χ1v) is 9.95. The van der Waals surface area contributed by atoms with Gasteiger partial charge in [0.15, 0.2) is 9.84 Å². The molecule has 1 aliphatic heterocycles. The molecule has 0 bridgehead atoms. The van der Waals surface area contributed by atoms with Gasteiger partial charge in [0.2, 0.25) is 0 Å². The fourth-order valence-corrected chi connectivity index (χ4v) is 4.81. The lowest BCUT2D eigenvalue weighted by molar-refractivity contribution is -0.134. The number of carboxylic acid groups (broad SMARTS) is 1. The second-order valence-corrected chi connectivity index (χ2v) is 8.74. The summed E-state index contributed by atoms with van der Waals surface area (Å²) in [6.45, 7) is 1.45. The van der Waals surface area contributed by atoms with E-state index in [1.54, 1.807) is 0 Å². The third-order valence-corrected chi connectivity index (χ3v) is 6.35. The summed E-state index contributed by atoms with van der Waals surface area (Å²) < 4.78 is 23.4. The molecule has 1 atom stereocenters. The Balaban J connectivity index is 1.80. The van der Waals surface area contributed by atoms with Gasteiger partial charge in [-0.15, -0.1) is 0 Å². The van der Waals surface area contributed by atoms with E-state index >= 15 is 0 Å². The summed E-state index contributed by atoms with van der Waals surface area (Å²) >= 11 is 0. The predicted octanol–water partition coefficient (Wildman–Crippen LogP) is 1.92. The van der Waals surface area contributed by atoms with Crippen molar-refractivity contribution in [2.75, 3.05) is 24.6 Å². The van der Waals surface area contributed by atoms with Crippen molar-refractivity contribution in [3.05, 3.63) is 0 Å². The molecule has 2 rings (SSSR count). The molecule has 0 spiro atoms. The van der Waals surface area contributed by atoms with Crippen LogP contribution in [0, 0.1) is 5.92 Å². The Bertz CT molecular complexity index is 443. The topological polar surface area (TPSA) is 74.7 Å². The Morgan fingerprint density at radius 1 is 1.10 bits per heavy atom. The monoisotopic (exact) mass is 317 g/mol. The van der Waals surface area contributed by atoms with Gasteiger partial charge in [-0.2, -0.15) is 0 Å². The Kier molecular flexibility index (Phi) is 6.05. The van der Waals surface area contributed by atoms with Crippen LogP contribution in [0.4, 0.5) is 0 Å². The van der Waals surface area contributed by atoms with Crippen molar-refractivity contribution in [2.45, 2.75) is 57.4 Å². The number of likely N-dealkylation sites (tertiary alicyclic amines) is 1. The maximum absolute atomic E-state index is 11.7. The summed E-state index contributed by atoms with van der Waals surface area (Å²) in [5, 5.41) is 8.62. The number of carbonyl (C=O) groups is 1. The quantitative estimate of drug-likeness (QED) is 0.776. The third kappa shape index (κ3) is 5.58. The van der Waals surface area contributed by atoms with Crippen LogP contribution in [0.2, 0.25) is 0 Å². The predicted molar refractivity (Wildman–Crippen MR) is 82.1 cm³/mol. The van der Waals surface area contributed by atoms with Gasteiger partial charge in [-0.1, -0.05) is 32.1 Å². The van der Waals surface area contributed by atoms with Gasteiger partial charge >= 0.3 is 5.97 Å². The van der Waals surface area contributed by atoms with Crippen molar-refractivity contribution in [1.29, 1.82) is 0 Å². The fraction of sp³-hybridized carbons (Fsp3) is 0.933. The highest BCUT2D eigenvalue weighted by atomic mass is 32.2. The van der Waals surface area contributed by atoms with Gasteiger partial charge in [-0.25, -0.2) is 8.42 Å². The highest BCUT2D eigenvalue weighted by Crippen LogP contribution is 2.31. The molecular formula is C15H27NO4S. The summed E-state index contributed by atoms with van der Waals surface area (Å²) in [5.41, 5.74) is 0. The zero-order valence-electron chi connectivity index (χ0n) is 12.7. The average molecular weight is 317 g/mol. The fourth-order valence-electron chi connectivity index (χ4n) is 3.78. The minimum absolute atomic E-state index is 0.0273. The van der Waals surface area contributed by atoms with Crippen LogP contribution in [-0.4, -0.2) is 55.0 Å². The molecule has 2 fully saturated rings. The molecule has 21 heavy (non-hydrogen) atoms. The Labute approximate surface area is 127 Å². The van der Waals surface area contributed by atoms with Crippen molar-refractivity contribution < 1.29 is 18.3 Å². The van der Waals surface area contributed by atoms with E-state index < -0.39 is 21.6 Å². The smallest absolute Gasteiger partial charge is 0.318 e. The summed E-state index contributed by atoms with van der Waals surface area (Å²) in [6.07, 6.45) is 10.2. The second-order valence-electron chi connectivity index (χ2n) is 6.56. The average Bonchev–Trinajstić information content (AvgIpc) is 2.84. The van der Waals surface area contributed by atoms with Gasteiger partial charge in [0.25, 0.3) is 0 Å². The van der Waals surface area contributed by atoms with Crippen molar-refractivity contribution >= 4 is 15.8 Å².